The highest BCUT2D eigenvalue weighted by atomic mass is 79.9. The highest BCUT2D eigenvalue weighted by molar-refractivity contribution is 5.89. The third-order valence-corrected chi connectivity index (χ3v) is 4.48. The third-order valence-electron chi connectivity index (χ3n) is 4.48. The lowest BCUT2D eigenvalue weighted by molar-refractivity contribution is -0.128. The van der Waals surface area contributed by atoms with E-state index in [4.69, 9.17) is 0 Å². The van der Waals surface area contributed by atoms with Crippen molar-refractivity contribution in [3.8, 4) is 0 Å². The van der Waals surface area contributed by atoms with Crippen LogP contribution in [0.25, 0.3) is 0 Å². The van der Waals surface area contributed by atoms with E-state index in [0.717, 1.165) is 12.8 Å². The third kappa shape index (κ3) is 0.876. The molecule has 0 spiro atoms. The van der Waals surface area contributed by atoms with Gasteiger partial charge in [0.05, 0.1) is 0 Å². The normalized spacial score (nSPS) is 42.9. The van der Waals surface area contributed by atoms with Crippen molar-refractivity contribution in [3.05, 3.63) is 0 Å². The average molecular weight is 232 g/mol. The van der Waals surface area contributed by atoms with Crippen LogP contribution < -0.4 is 17.0 Å². The Bertz CT molecular complexity index is 222. The molecule has 1 nitrogen and oxygen atoms in total. The highest BCUT2D eigenvalue weighted by Crippen LogP contribution is 2.63. The zero-order valence-electron chi connectivity index (χ0n) is 7.98. The molecule has 70 valence electrons. The quantitative estimate of drug-likeness (QED) is 0.545. The van der Waals surface area contributed by atoms with Crippen molar-refractivity contribution in [3.63, 3.8) is 0 Å². The van der Waals surface area contributed by atoms with E-state index in [1.807, 2.05) is 0 Å². The Balaban J connectivity index is 0.000000720. The summed E-state index contributed by atoms with van der Waals surface area (Å²) in [5.74, 6) is 1.19. The van der Waals surface area contributed by atoms with E-state index in [-0.39, 0.29) is 27.8 Å². The fraction of sp³-hybridized carbons (Fsp3) is 0.900. The second-order valence-corrected chi connectivity index (χ2v) is 4.92. The van der Waals surface area contributed by atoms with Gasteiger partial charge in [-0.3, -0.25) is 4.79 Å². The van der Waals surface area contributed by atoms with Crippen LogP contribution in [0, 0.1) is 16.7 Å². The van der Waals surface area contributed by atoms with E-state index in [1.165, 1.54) is 6.42 Å². The number of ketones is 1. The summed E-state index contributed by atoms with van der Waals surface area (Å²) in [7, 11) is 0. The van der Waals surface area contributed by atoms with Crippen LogP contribution in [0.15, 0.2) is 0 Å². The van der Waals surface area contributed by atoms with Gasteiger partial charge in [-0.25, -0.2) is 0 Å². The number of carbonyl (C=O) groups excluding carboxylic acids is 1. The van der Waals surface area contributed by atoms with Gasteiger partial charge in [0.2, 0.25) is 0 Å². The zero-order valence-corrected chi connectivity index (χ0v) is 9.57. The molecule has 0 aliphatic heterocycles. The zero-order chi connectivity index (χ0) is 8.28. The molecule has 0 amide bonds. The Morgan fingerprint density at radius 1 is 1.33 bits per heavy atom. The molecular weight excluding hydrogens is 216 g/mol. The molecule has 2 heteroatoms. The molecule has 2 bridgehead atoms. The molecule has 2 atom stereocenters. The Morgan fingerprint density at radius 3 is 2.08 bits per heavy atom. The second-order valence-electron chi connectivity index (χ2n) is 4.92. The maximum absolute atomic E-state index is 11.6. The summed E-state index contributed by atoms with van der Waals surface area (Å²) in [5.41, 5.74) is 0.307. The molecule has 2 unspecified atom stereocenters. The smallest absolute Gasteiger partial charge is 0.139 e. The van der Waals surface area contributed by atoms with Crippen molar-refractivity contribution in [2.75, 3.05) is 0 Å². The molecule has 0 aromatic heterocycles. The van der Waals surface area contributed by atoms with E-state index in [9.17, 15) is 4.79 Å². The molecule has 0 saturated heterocycles. The number of fused-ring (bicyclic) bond motifs is 2. The first-order valence-corrected chi connectivity index (χ1v) is 4.52. The van der Waals surface area contributed by atoms with Gasteiger partial charge in [0.25, 0.3) is 0 Å². The van der Waals surface area contributed by atoms with Crippen LogP contribution in [0.2, 0.25) is 0 Å². The summed E-state index contributed by atoms with van der Waals surface area (Å²) in [6.07, 6.45) is 3.25. The maximum Gasteiger partial charge on any atom is 0.139 e. The summed E-state index contributed by atoms with van der Waals surface area (Å²) >= 11 is 0. The molecule has 0 N–H and O–H groups in total. The first kappa shape index (κ1) is 10.2. The number of rotatable bonds is 0. The van der Waals surface area contributed by atoms with Gasteiger partial charge in [0, 0.05) is 11.8 Å². The fourth-order valence-electron chi connectivity index (χ4n) is 2.90. The summed E-state index contributed by atoms with van der Waals surface area (Å²) < 4.78 is 0. The topological polar surface area (TPSA) is 17.1 Å². The van der Waals surface area contributed by atoms with Gasteiger partial charge in [0.1, 0.15) is 5.78 Å². The van der Waals surface area contributed by atoms with E-state index in [0.29, 0.717) is 11.7 Å². The SMILES string of the molecule is CC12CCC(CC1=O)C2(C)C.[Br-]. The molecule has 0 aromatic carbocycles. The molecule has 0 aromatic rings. The van der Waals surface area contributed by atoms with Crippen LogP contribution >= 0.6 is 0 Å². The first-order chi connectivity index (χ1) is 4.98. The predicted molar refractivity (Wildman–Crippen MR) is 44.2 cm³/mol. The van der Waals surface area contributed by atoms with E-state index >= 15 is 0 Å². The van der Waals surface area contributed by atoms with Crippen molar-refractivity contribution in [2.45, 2.75) is 40.0 Å². The van der Waals surface area contributed by atoms with Crippen molar-refractivity contribution < 1.29 is 21.8 Å². The lowest BCUT2D eigenvalue weighted by Gasteiger charge is -2.32. The van der Waals surface area contributed by atoms with Gasteiger partial charge < -0.3 is 17.0 Å². The predicted octanol–water partition coefficient (Wildman–Crippen LogP) is -0.594. The molecule has 0 heterocycles. The van der Waals surface area contributed by atoms with E-state index in [1.54, 1.807) is 0 Å². The van der Waals surface area contributed by atoms with Crippen LogP contribution in [0.1, 0.15) is 40.0 Å². The molecule has 2 aliphatic carbocycles. The van der Waals surface area contributed by atoms with Crippen LogP contribution in [0.5, 0.6) is 0 Å². The van der Waals surface area contributed by atoms with Crippen LogP contribution in [-0.4, -0.2) is 5.78 Å². The molecule has 12 heavy (non-hydrogen) atoms. The van der Waals surface area contributed by atoms with Crippen molar-refractivity contribution in [2.24, 2.45) is 16.7 Å². The molecule has 2 rings (SSSR count). The Labute approximate surface area is 84.7 Å². The number of carbonyl (C=O) groups is 1. The summed E-state index contributed by atoms with van der Waals surface area (Å²) in [6, 6.07) is 0. The van der Waals surface area contributed by atoms with Gasteiger partial charge in [-0.15, -0.1) is 0 Å². The van der Waals surface area contributed by atoms with Crippen LogP contribution in [-0.2, 0) is 4.79 Å². The summed E-state index contributed by atoms with van der Waals surface area (Å²) in [5, 5.41) is 0. The minimum atomic E-state index is 0. The minimum Gasteiger partial charge on any atom is -1.00 e. The van der Waals surface area contributed by atoms with Crippen LogP contribution in [0.4, 0.5) is 0 Å². The van der Waals surface area contributed by atoms with Gasteiger partial charge in [0.15, 0.2) is 0 Å². The monoisotopic (exact) mass is 231 g/mol. The largest absolute Gasteiger partial charge is 1.00 e. The Morgan fingerprint density at radius 2 is 1.92 bits per heavy atom. The van der Waals surface area contributed by atoms with E-state index < -0.39 is 0 Å². The van der Waals surface area contributed by atoms with Crippen molar-refractivity contribution in [1.29, 1.82) is 0 Å². The standard InChI is InChI=1S/C10H16O.BrH/c1-9(2)7-4-5-10(9,3)8(11)6-7;/h7H,4-6H2,1-3H3;1H/p-1. The minimum absolute atomic E-state index is 0. The molecular formula is C10H16BrO-. The van der Waals surface area contributed by atoms with Gasteiger partial charge in [-0.1, -0.05) is 20.8 Å². The van der Waals surface area contributed by atoms with Gasteiger partial charge >= 0.3 is 0 Å². The number of hydrogen-bond acceptors (Lipinski definition) is 1. The number of Topliss-reactive ketones (excluding diaryl/α,β-unsaturated/α-hetero) is 1. The number of halogens is 1. The lowest BCUT2D eigenvalue weighted by atomic mass is 9.70. The summed E-state index contributed by atoms with van der Waals surface area (Å²) in [4.78, 5) is 11.6. The molecule has 0 radical (unpaired) electrons. The van der Waals surface area contributed by atoms with Crippen molar-refractivity contribution >= 4 is 5.78 Å². The molecule has 2 fully saturated rings. The fourth-order valence-corrected chi connectivity index (χ4v) is 2.90. The maximum atomic E-state index is 11.6. The second kappa shape index (κ2) is 2.57. The Hall–Kier alpha value is 0.150. The van der Waals surface area contributed by atoms with Gasteiger partial charge in [-0.2, -0.15) is 0 Å². The highest BCUT2D eigenvalue weighted by Gasteiger charge is 2.61. The Kier molecular flexibility index (Phi) is 2.19. The first-order valence-electron chi connectivity index (χ1n) is 4.52. The molecule has 2 saturated carbocycles. The number of hydrogen-bond donors (Lipinski definition) is 0. The summed E-state index contributed by atoms with van der Waals surface area (Å²) in [6.45, 7) is 6.67. The van der Waals surface area contributed by atoms with E-state index in [2.05, 4.69) is 20.8 Å². The van der Waals surface area contributed by atoms with Crippen molar-refractivity contribution in [1.82, 2.24) is 0 Å². The lowest BCUT2D eigenvalue weighted by Crippen LogP contribution is -3.00. The molecule has 2 aliphatic rings. The average Bonchev–Trinajstić information content (AvgIpc) is 2.20. The van der Waals surface area contributed by atoms with Gasteiger partial charge in [-0.05, 0) is 24.2 Å². The van der Waals surface area contributed by atoms with Crippen LogP contribution in [0.3, 0.4) is 0 Å².